The first kappa shape index (κ1) is 34.7. The minimum absolute atomic E-state index is 0.188. The summed E-state index contributed by atoms with van der Waals surface area (Å²) >= 11 is 11.0. The van der Waals surface area contributed by atoms with Crippen molar-refractivity contribution in [2.45, 2.75) is 13.8 Å². The number of ether oxygens (including phenoxy) is 1. The lowest BCUT2D eigenvalue weighted by atomic mass is 10.2. The van der Waals surface area contributed by atoms with Crippen LogP contribution in [0.1, 0.15) is 25.0 Å². The third-order valence-electron chi connectivity index (χ3n) is 4.21. The molecule has 0 atom stereocenters. The van der Waals surface area contributed by atoms with E-state index in [-0.39, 0.29) is 12.5 Å². The fourth-order valence-electron chi connectivity index (χ4n) is 2.96. The van der Waals surface area contributed by atoms with Gasteiger partial charge >= 0.3 is 0 Å². The number of rotatable bonds is 2. The van der Waals surface area contributed by atoms with Gasteiger partial charge in [-0.15, -0.1) is 0 Å². The Morgan fingerprint density at radius 1 is 1.00 bits per heavy atom. The first-order valence-electron chi connectivity index (χ1n) is 10.5. The fourth-order valence-corrected chi connectivity index (χ4v) is 3.63. The maximum Gasteiger partial charge on any atom is 0.215 e. The Balaban J connectivity index is 0.000000552. The van der Waals surface area contributed by atoms with E-state index in [9.17, 15) is 0 Å². The molecular formula is C24H30Br2I2N6O2. The van der Waals surface area contributed by atoms with Gasteiger partial charge in [0.25, 0.3) is 0 Å². The number of nitrogens with zero attached hydrogens (tertiary/aromatic N) is 5. The van der Waals surface area contributed by atoms with Gasteiger partial charge in [0.1, 0.15) is 17.4 Å². The molecule has 196 valence electrons. The van der Waals surface area contributed by atoms with Crippen LogP contribution in [0, 0.1) is 16.7 Å². The number of hydrogen-bond acceptors (Lipinski definition) is 6. The van der Waals surface area contributed by atoms with E-state index in [0.29, 0.717) is 12.2 Å². The highest BCUT2D eigenvalue weighted by Gasteiger charge is 2.13. The van der Waals surface area contributed by atoms with Gasteiger partial charge < -0.3 is 19.0 Å². The third kappa shape index (κ3) is 9.88. The van der Waals surface area contributed by atoms with Gasteiger partial charge in [-0.2, -0.15) is 5.26 Å². The lowest BCUT2D eigenvalue weighted by Gasteiger charge is -2.02. The molecule has 0 aliphatic heterocycles. The smallest absolute Gasteiger partial charge is 0.215 e. The topological polar surface area (TPSA) is 113 Å². The van der Waals surface area contributed by atoms with Crippen LogP contribution in [-0.4, -0.2) is 53.2 Å². The maximum absolute atomic E-state index is 8.83. The molecule has 4 heterocycles. The SMILES string of the molecule is CCO.CCOC(=N)c1cn(C)c2ncc(Br)cc12.CI.CI.Cn1cc(C#N)c2cc(Br)cnc21. The second-order valence-corrected chi connectivity index (χ2v) is 8.38. The predicted octanol–water partition coefficient (Wildman–Crippen LogP) is 7.01. The van der Waals surface area contributed by atoms with Crippen LogP contribution < -0.4 is 0 Å². The molecule has 0 spiro atoms. The van der Waals surface area contributed by atoms with Crippen molar-refractivity contribution in [1.82, 2.24) is 19.1 Å². The summed E-state index contributed by atoms with van der Waals surface area (Å²) in [5.74, 6) is 0.188. The zero-order chi connectivity index (χ0) is 27.8. The quantitative estimate of drug-likeness (QED) is 0.0977. The molecule has 0 aromatic carbocycles. The highest BCUT2D eigenvalue weighted by molar-refractivity contribution is 14.1. The van der Waals surface area contributed by atoms with Crippen LogP contribution in [0.5, 0.6) is 0 Å². The van der Waals surface area contributed by atoms with Gasteiger partial charge in [-0.25, -0.2) is 9.97 Å². The second-order valence-electron chi connectivity index (χ2n) is 6.55. The Hall–Kier alpha value is -1.28. The molecular weight excluding hydrogens is 818 g/mol. The first-order chi connectivity index (χ1) is 17.3. The third-order valence-corrected chi connectivity index (χ3v) is 5.08. The summed E-state index contributed by atoms with van der Waals surface area (Å²) in [6.07, 6.45) is 7.12. The summed E-state index contributed by atoms with van der Waals surface area (Å²) in [6, 6.07) is 5.99. The summed E-state index contributed by atoms with van der Waals surface area (Å²) in [5, 5.41) is 26.0. The minimum atomic E-state index is 0.188. The molecule has 4 aromatic rings. The summed E-state index contributed by atoms with van der Waals surface area (Å²) in [6.45, 7) is 4.30. The van der Waals surface area contributed by atoms with Crippen LogP contribution in [-0.2, 0) is 18.8 Å². The van der Waals surface area contributed by atoms with Gasteiger partial charge in [0.05, 0.1) is 17.7 Å². The van der Waals surface area contributed by atoms with Gasteiger partial charge in [0.2, 0.25) is 5.90 Å². The van der Waals surface area contributed by atoms with Crippen molar-refractivity contribution in [1.29, 1.82) is 10.7 Å². The number of aromatic nitrogens is 4. The van der Waals surface area contributed by atoms with Gasteiger partial charge in [0, 0.05) is 65.2 Å². The molecule has 0 unspecified atom stereocenters. The molecule has 0 fully saturated rings. The van der Waals surface area contributed by atoms with E-state index in [1.165, 1.54) is 0 Å². The number of nitrogens with one attached hydrogen (secondary N) is 1. The summed E-state index contributed by atoms with van der Waals surface area (Å²) < 4.78 is 10.7. The Kier molecular flexibility index (Phi) is 18.2. The van der Waals surface area contributed by atoms with E-state index >= 15 is 0 Å². The molecule has 4 aromatic heterocycles. The van der Waals surface area contributed by atoms with Crippen LogP contribution in [0.25, 0.3) is 22.1 Å². The standard InChI is InChI=1S/C11H12BrN3O.C9H6BrN3.C2H6O.2CH3I/c1-3-16-10(13)9-6-15(2)11-8(9)4-7(12)5-14-11;1-13-5-6(3-11)8-2-7(10)4-12-9(8)13;1-2-3;2*1-2/h4-6,13H,3H2,1-2H3;2,4-5H,1H3;3H,2H2,1H3;2*1H3. The van der Waals surface area contributed by atoms with Crippen molar-refractivity contribution in [3.05, 3.63) is 57.0 Å². The number of aliphatic hydroxyl groups is 1. The van der Waals surface area contributed by atoms with E-state index in [1.807, 2.05) is 58.3 Å². The Morgan fingerprint density at radius 3 is 1.92 bits per heavy atom. The Bertz CT molecular complexity index is 1290. The zero-order valence-electron chi connectivity index (χ0n) is 21.0. The van der Waals surface area contributed by atoms with E-state index < -0.39 is 0 Å². The number of hydrogen-bond donors (Lipinski definition) is 2. The van der Waals surface area contributed by atoms with Crippen LogP contribution in [0.3, 0.4) is 0 Å². The van der Waals surface area contributed by atoms with Crippen LogP contribution >= 0.6 is 77.0 Å². The molecule has 0 aliphatic rings. The van der Waals surface area contributed by atoms with Crippen molar-refractivity contribution in [2.75, 3.05) is 23.1 Å². The largest absolute Gasteiger partial charge is 0.478 e. The molecule has 0 aliphatic carbocycles. The van der Waals surface area contributed by atoms with Gasteiger partial charge in [-0.1, -0.05) is 45.2 Å². The molecule has 0 saturated carbocycles. The molecule has 36 heavy (non-hydrogen) atoms. The molecule has 2 N–H and O–H groups in total. The van der Waals surface area contributed by atoms with E-state index in [4.69, 9.17) is 20.5 Å². The normalized spacial score (nSPS) is 9.28. The van der Waals surface area contributed by atoms with Crippen LogP contribution in [0.4, 0.5) is 0 Å². The lowest BCUT2D eigenvalue weighted by Crippen LogP contribution is -2.03. The van der Waals surface area contributed by atoms with E-state index in [2.05, 4.69) is 93.1 Å². The molecule has 0 radical (unpaired) electrons. The second kappa shape index (κ2) is 18.9. The lowest BCUT2D eigenvalue weighted by molar-refractivity contribution is 0.318. The average Bonchev–Trinajstić information content (AvgIpc) is 3.38. The Morgan fingerprint density at radius 2 is 1.44 bits per heavy atom. The van der Waals surface area contributed by atoms with Gasteiger partial charge in [-0.05, 0) is 67.7 Å². The van der Waals surface area contributed by atoms with Crippen LogP contribution in [0.2, 0.25) is 0 Å². The summed E-state index contributed by atoms with van der Waals surface area (Å²) in [5.41, 5.74) is 3.11. The number of halogens is 4. The van der Waals surface area contributed by atoms with Crippen molar-refractivity contribution >= 4 is 105 Å². The average molecular weight is 848 g/mol. The van der Waals surface area contributed by atoms with E-state index in [1.54, 1.807) is 25.5 Å². The molecule has 0 bridgehead atoms. The highest BCUT2D eigenvalue weighted by atomic mass is 127. The van der Waals surface area contributed by atoms with Crippen molar-refractivity contribution in [3.63, 3.8) is 0 Å². The number of fused-ring (bicyclic) bond motifs is 2. The zero-order valence-corrected chi connectivity index (χ0v) is 28.5. The number of nitriles is 1. The number of aliphatic hydroxyl groups excluding tert-OH is 1. The summed E-state index contributed by atoms with van der Waals surface area (Å²) in [7, 11) is 3.79. The number of pyridine rings is 2. The molecule has 12 heteroatoms. The Labute approximate surface area is 256 Å². The molecule has 4 rings (SSSR count). The maximum atomic E-state index is 8.83. The van der Waals surface area contributed by atoms with Crippen molar-refractivity contribution in [2.24, 2.45) is 14.1 Å². The van der Waals surface area contributed by atoms with E-state index in [0.717, 1.165) is 36.6 Å². The number of alkyl halides is 2. The minimum Gasteiger partial charge on any atom is -0.478 e. The molecule has 0 amide bonds. The fraction of sp³-hybridized carbons (Fsp3) is 0.333. The molecule has 0 saturated heterocycles. The van der Waals surface area contributed by atoms with Crippen molar-refractivity contribution in [3.8, 4) is 6.07 Å². The summed E-state index contributed by atoms with van der Waals surface area (Å²) in [4.78, 5) is 12.5. The first-order valence-corrected chi connectivity index (χ1v) is 16.4. The highest BCUT2D eigenvalue weighted by Crippen LogP contribution is 2.23. The van der Waals surface area contributed by atoms with Gasteiger partial charge in [-0.3, -0.25) is 5.41 Å². The predicted molar refractivity (Wildman–Crippen MR) is 173 cm³/mol. The monoisotopic (exact) mass is 846 g/mol. The van der Waals surface area contributed by atoms with Gasteiger partial charge in [0.15, 0.2) is 0 Å². The van der Waals surface area contributed by atoms with Crippen LogP contribution in [0.15, 0.2) is 45.9 Å². The van der Waals surface area contributed by atoms with Crippen molar-refractivity contribution < 1.29 is 9.84 Å². The number of aryl methyl sites for hydroxylation is 2. The molecule has 8 nitrogen and oxygen atoms in total.